The second kappa shape index (κ2) is 7.81. The minimum Gasteiger partial charge on any atom is -0.505 e. The summed E-state index contributed by atoms with van der Waals surface area (Å²) in [5, 5.41) is 37.1. The van der Waals surface area contributed by atoms with Crippen molar-refractivity contribution in [3.05, 3.63) is 18.2 Å². The molecule has 0 bridgehead atoms. The molecule has 0 fully saturated rings. The summed E-state index contributed by atoms with van der Waals surface area (Å²) in [6.45, 7) is 0. The van der Waals surface area contributed by atoms with Gasteiger partial charge in [0.15, 0.2) is 5.75 Å². The predicted molar refractivity (Wildman–Crippen MR) is 87.0 cm³/mol. The molecule has 0 saturated heterocycles. The first-order valence-electron chi connectivity index (χ1n) is 6.39. The van der Waals surface area contributed by atoms with E-state index in [0.29, 0.717) is 12.0 Å². The van der Waals surface area contributed by atoms with E-state index in [4.69, 9.17) is 5.26 Å². The van der Waals surface area contributed by atoms with Gasteiger partial charge >= 0.3 is 0 Å². The van der Waals surface area contributed by atoms with Gasteiger partial charge in [0.25, 0.3) is 10.1 Å². The smallest absolute Gasteiger partial charge is 0.296 e. The molecule has 134 valence electrons. The third kappa shape index (κ3) is 4.09. The van der Waals surface area contributed by atoms with E-state index in [1.807, 2.05) is 0 Å². The van der Waals surface area contributed by atoms with E-state index < -0.39 is 15.0 Å². The number of aromatic hydroxyl groups is 1. The molecule has 2 aromatic carbocycles. The number of hydrogen-bond donors (Lipinski definition) is 3. The molecule has 0 aliphatic heterocycles. The van der Waals surface area contributed by atoms with E-state index in [1.54, 1.807) is 0 Å². The number of azo groups is 2. The van der Waals surface area contributed by atoms with Gasteiger partial charge in [-0.3, -0.25) is 4.55 Å². The average Bonchev–Trinajstić information content (AvgIpc) is 2.55. The average molecular weight is 388 g/mol. The Kier molecular flexibility index (Phi) is 5.99. The molecule has 0 aromatic heterocycles. The lowest BCUT2D eigenvalue weighted by atomic mass is 10.1. The summed E-state index contributed by atoms with van der Waals surface area (Å²) in [5.41, 5.74) is -0.168. The quantitative estimate of drug-likeness (QED) is 0.222. The minimum atomic E-state index is -4.59. The first-order chi connectivity index (χ1) is 11.8. The fourth-order valence-corrected chi connectivity index (χ4v) is 3.20. The highest BCUT2D eigenvalue weighted by molar-refractivity contribution is 7.94. The number of nitrogens with zero attached hydrogens (tertiary/aromatic N) is 4. The highest BCUT2D eigenvalue weighted by Gasteiger charge is 2.21. The van der Waals surface area contributed by atoms with Gasteiger partial charge in [-0.1, -0.05) is 5.04 Å². The normalized spacial score (nSPS) is 12.6. The van der Waals surface area contributed by atoms with Gasteiger partial charge in [0.1, 0.15) is 16.3 Å². The molecule has 2 aromatic rings. The summed E-state index contributed by atoms with van der Waals surface area (Å²) >= 11 is 0.504. The monoisotopic (exact) mass is 388 g/mol. The number of benzene rings is 2. The van der Waals surface area contributed by atoms with E-state index in [1.165, 1.54) is 26.2 Å². The molecule has 0 aliphatic rings. The molecule has 11 nitrogen and oxygen atoms in total. The number of hydrogen-bond acceptors (Lipinski definition) is 11. The molecule has 0 unspecified atom stereocenters. The van der Waals surface area contributed by atoms with Gasteiger partial charge in [0, 0.05) is 19.5 Å². The predicted octanol–water partition coefficient (Wildman–Crippen LogP) is 3.65. The third-order valence-corrected chi connectivity index (χ3v) is 4.47. The number of rotatable bonds is 6. The SMILES string of the molecule is CN=Nc1cc2c(O)c(N=NC)c(SOOO)cc2cc1S(=O)(=O)O. The molecule has 0 atom stereocenters. The van der Waals surface area contributed by atoms with Gasteiger partial charge in [-0.05, 0) is 23.6 Å². The van der Waals surface area contributed by atoms with Crippen LogP contribution in [0.5, 0.6) is 5.75 Å². The first kappa shape index (κ1) is 19.2. The molecule has 2 rings (SSSR count). The van der Waals surface area contributed by atoms with E-state index in [0.717, 1.165) is 6.07 Å². The van der Waals surface area contributed by atoms with E-state index in [9.17, 15) is 18.1 Å². The van der Waals surface area contributed by atoms with Crippen LogP contribution in [0.4, 0.5) is 11.4 Å². The molecule has 25 heavy (non-hydrogen) atoms. The van der Waals surface area contributed by atoms with Crippen molar-refractivity contribution in [2.75, 3.05) is 14.1 Å². The Balaban J connectivity index is 2.87. The Morgan fingerprint density at radius 2 is 1.80 bits per heavy atom. The summed E-state index contributed by atoms with van der Waals surface area (Å²) in [6.07, 6.45) is 0. The molecule has 3 N–H and O–H groups in total. The lowest BCUT2D eigenvalue weighted by Crippen LogP contribution is -1.98. The van der Waals surface area contributed by atoms with Crippen molar-refractivity contribution in [2.45, 2.75) is 9.79 Å². The van der Waals surface area contributed by atoms with Gasteiger partial charge in [-0.15, -0.1) is 4.33 Å². The van der Waals surface area contributed by atoms with E-state index >= 15 is 0 Å². The van der Waals surface area contributed by atoms with E-state index in [2.05, 4.69) is 29.8 Å². The standard InChI is InChI=1S/C12H12N4O7S2/c1-13-15-8-5-7-6(4-10(8)25(19,20)21)3-9(24-23-22-18)11(12(7)17)16-14-2/h3-5,17-18H,1-2H3,(H,19,20,21). The Bertz CT molecular complexity index is 960. The van der Waals surface area contributed by atoms with Crippen LogP contribution in [0.3, 0.4) is 0 Å². The van der Waals surface area contributed by atoms with Gasteiger partial charge in [0.05, 0.1) is 16.9 Å². The van der Waals surface area contributed by atoms with Crippen LogP contribution in [0.2, 0.25) is 0 Å². The van der Waals surface area contributed by atoms with Crippen LogP contribution in [0, 0.1) is 0 Å². The fraction of sp³-hybridized carbons (Fsp3) is 0.167. The molecule has 0 radical (unpaired) electrons. The second-order valence-electron chi connectivity index (χ2n) is 4.41. The van der Waals surface area contributed by atoms with Gasteiger partial charge in [-0.2, -0.15) is 28.9 Å². The topological polar surface area (TPSA) is 163 Å². The largest absolute Gasteiger partial charge is 0.505 e. The molecule has 0 spiro atoms. The fourth-order valence-electron chi connectivity index (χ4n) is 2.07. The maximum absolute atomic E-state index is 11.6. The molecule has 0 aliphatic carbocycles. The molecule has 0 saturated carbocycles. The number of fused-ring (bicyclic) bond motifs is 1. The summed E-state index contributed by atoms with van der Waals surface area (Å²) < 4.78 is 36.8. The zero-order valence-electron chi connectivity index (χ0n) is 12.8. The van der Waals surface area contributed by atoms with Crippen molar-refractivity contribution in [3.63, 3.8) is 0 Å². The molecular weight excluding hydrogens is 376 g/mol. The van der Waals surface area contributed by atoms with Gasteiger partial charge in [-0.25, -0.2) is 5.26 Å². The third-order valence-electron chi connectivity index (χ3n) is 2.97. The van der Waals surface area contributed by atoms with Gasteiger partial charge < -0.3 is 5.11 Å². The van der Waals surface area contributed by atoms with Crippen molar-refractivity contribution < 1.29 is 32.7 Å². The minimum absolute atomic E-state index is 0.00366. The van der Waals surface area contributed by atoms with Crippen molar-refractivity contribution in [1.29, 1.82) is 0 Å². The maximum Gasteiger partial charge on any atom is 0.296 e. The molecule has 0 amide bonds. The van der Waals surface area contributed by atoms with Crippen LogP contribution in [0.25, 0.3) is 10.8 Å². The van der Waals surface area contributed by atoms with Crippen molar-refractivity contribution >= 4 is 44.3 Å². The summed E-state index contributed by atoms with van der Waals surface area (Å²) in [6, 6.07) is 3.72. The lowest BCUT2D eigenvalue weighted by molar-refractivity contribution is -0.432. The van der Waals surface area contributed by atoms with Crippen LogP contribution in [-0.4, -0.2) is 37.4 Å². The Morgan fingerprint density at radius 3 is 2.36 bits per heavy atom. The molecule has 13 heteroatoms. The Labute approximate surface area is 145 Å². The summed E-state index contributed by atoms with van der Waals surface area (Å²) in [4.78, 5) is -0.332. The van der Waals surface area contributed by atoms with Crippen molar-refractivity contribution in [2.24, 2.45) is 20.5 Å². The Hall–Kier alpha value is -2.16. The van der Waals surface area contributed by atoms with E-state index in [-0.39, 0.29) is 32.8 Å². The van der Waals surface area contributed by atoms with Crippen LogP contribution < -0.4 is 0 Å². The number of phenolic OH excluding ortho intramolecular Hbond substituents is 1. The zero-order valence-corrected chi connectivity index (χ0v) is 14.4. The van der Waals surface area contributed by atoms with Gasteiger partial charge in [0.2, 0.25) is 0 Å². The van der Waals surface area contributed by atoms with Crippen LogP contribution in [0.15, 0.2) is 48.4 Å². The zero-order chi connectivity index (χ0) is 18.6. The van der Waals surface area contributed by atoms with Crippen LogP contribution in [-0.2, 0) is 19.5 Å². The highest BCUT2D eigenvalue weighted by Crippen LogP contribution is 2.45. The maximum atomic E-state index is 11.6. The van der Waals surface area contributed by atoms with Crippen LogP contribution in [0.1, 0.15) is 0 Å². The molecule has 0 heterocycles. The summed E-state index contributed by atoms with van der Waals surface area (Å²) in [5.74, 6) is -0.346. The lowest BCUT2D eigenvalue weighted by Gasteiger charge is -2.11. The second-order valence-corrected chi connectivity index (χ2v) is 6.55. The van der Waals surface area contributed by atoms with Crippen molar-refractivity contribution in [1.82, 2.24) is 0 Å². The Morgan fingerprint density at radius 1 is 1.12 bits per heavy atom. The highest BCUT2D eigenvalue weighted by atomic mass is 32.2. The summed E-state index contributed by atoms with van der Waals surface area (Å²) in [7, 11) is -1.90. The first-order valence-corrected chi connectivity index (χ1v) is 8.57. The van der Waals surface area contributed by atoms with Crippen LogP contribution >= 0.6 is 12.0 Å². The number of phenols is 1. The van der Waals surface area contributed by atoms with Crippen molar-refractivity contribution in [3.8, 4) is 5.75 Å². The molecular formula is C12H12N4O7S2.